The van der Waals surface area contributed by atoms with Crippen LogP contribution in [0, 0.1) is 13.8 Å². The molecule has 1 saturated carbocycles. The Labute approximate surface area is 131 Å². The van der Waals surface area contributed by atoms with Crippen molar-refractivity contribution in [1.29, 1.82) is 0 Å². The molecule has 1 heterocycles. The van der Waals surface area contributed by atoms with Gasteiger partial charge in [0.15, 0.2) is 11.6 Å². The molecule has 0 bridgehead atoms. The fourth-order valence-corrected chi connectivity index (χ4v) is 2.83. The summed E-state index contributed by atoms with van der Waals surface area (Å²) in [5, 5.41) is 6.73. The number of hydrogen-bond donors (Lipinski definition) is 3. The van der Waals surface area contributed by atoms with Crippen LogP contribution in [-0.4, -0.2) is 16.0 Å². The van der Waals surface area contributed by atoms with Crippen LogP contribution in [0.5, 0.6) is 0 Å². The summed E-state index contributed by atoms with van der Waals surface area (Å²) in [6.07, 6.45) is 6.47. The maximum absolute atomic E-state index is 6.23. The van der Waals surface area contributed by atoms with Gasteiger partial charge in [-0.1, -0.05) is 18.9 Å². The molecule has 0 amide bonds. The van der Waals surface area contributed by atoms with Gasteiger partial charge >= 0.3 is 0 Å². The summed E-state index contributed by atoms with van der Waals surface area (Å²) in [4.78, 5) is 8.56. The number of nitrogens with two attached hydrogens (primary N) is 1. The molecule has 0 atom stereocenters. The normalized spacial score (nSPS) is 15.0. The molecule has 5 heteroatoms. The zero-order valence-corrected chi connectivity index (χ0v) is 13.2. The second-order valence-corrected chi connectivity index (χ2v) is 6.03. The lowest BCUT2D eigenvalue weighted by molar-refractivity contribution is 0.750. The van der Waals surface area contributed by atoms with E-state index in [2.05, 4.69) is 46.6 Å². The summed E-state index contributed by atoms with van der Waals surface area (Å²) in [5.41, 5.74) is 10.3. The number of aromatic nitrogens is 2. The van der Waals surface area contributed by atoms with E-state index in [1.54, 1.807) is 6.33 Å². The molecule has 4 N–H and O–H groups in total. The lowest BCUT2D eigenvalue weighted by Gasteiger charge is -2.16. The Morgan fingerprint density at radius 2 is 1.77 bits per heavy atom. The second-order valence-electron chi connectivity index (χ2n) is 6.03. The van der Waals surface area contributed by atoms with E-state index >= 15 is 0 Å². The predicted octanol–water partition coefficient (Wildman–Crippen LogP) is 3.77. The quantitative estimate of drug-likeness (QED) is 0.801. The fraction of sp³-hybridized carbons (Fsp3) is 0.412. The number of hydrogen-bond acceptors (Lipinski definition) is 5. The first-order valence-electron chi connectivity index (χ1n) is 7.85. The summed E-state index contributed by atoms with van der Waals surface area (Å²) in [6, 6.07) is 6.70. The number of benzene rings is 1. The highest BCUT2D eigenvalue weighted by atomic mass is 15.1. The molecule has 1 aromatic carbocycles. The van der Waals surface area contributed by atoms with Gasteiger partial charge < -0.3 is 16.4 Å². The van der Waals surface area contributed by atoms with Crippen molar-refractivity contribution in [3.05, 3.63) is 35.7 Å². The highest BCUT2D eigenvalue weighted by Crippen LogP contribution is 2.29. The third kappa shape index (κ3) is 3.13. The molecule has 2 aromatic rings. The first-order valence-corrected chi connectivity index (χ1v) is 7.85. The molecule has 1 aliphatic carbocycles. The van der Waals surface area contributed by atoms with E-state index in [-0.39, 0.29) is 0 Å². The predicted molar refractivity (Wildman–Crippen MR) is 91.5 cm³/mol. The lowest BCUT2D eigenvalue weighted by Crippen LogP contribution is -2.17. The molecule has 1 aliphatic rings. The van der Waals surface area contributed by atoms with E-state index in [4.69, 9.17) is 5.73 Å². The second kappa shape index (κ2) is 6.22. The van der Waals surface area contributed by atoms with Gasteiger partial charge in [-0.3, -0.25) is 0 Å². The first-order chi connectivity index (χ1) is 10.6. The van der Waals surface area contributed by atoms with E-state index in [1.807, 2.05) is 6.07 Å². The van der Waals surface area contributed by atoms with E-state index in [9.17, 15) is 0 Å². The summed E-state index contributed by atoms with van der Waals surface area (Å²) in [5.74, 6) is 1.38. The van der Waals surface area contributed by atoms with Crippen molar-refractivity contribution in [3.8, 4) is 0 Å². The topological polar surface area (TPSA) is 75.9 Å². The Morgan fingerprint density at radius 3 is 2.50 bits per heavy atom. The van der Waals surface area contributed by atoms with Crippen molar-refractivity contribution in [2.45, 2.75) is 45.6 Å². The van der Waals surface area contributed by atoms with Gasteiger partial charge in [-0.15, -0.1) is 0 Å². The van der Waals surface area contributed by atoms with Crippen LogP contribution in [0.15, 0.2) is 24.5 Å². The number of nitrogens with one attached hydrogen (secondary N) is 2. The molecule has 0 saturated heterocycles. The van der Waals surface area contributed by atoms with Gasteiger partial charge in [0, 0.05) is 11.7 Å². The molecular formula is C17H23N5. The number of nitrogens with zero attached hydrogens (tertiary/aromatic N) is 2. The lowest BCUT2D eigenvalue weighted by atomic mass is 10.1. The van der Waals surface area contributed by atoms with Crippen molar-refractivity contribution in [2.24, 2.45) is 0 Å². The number of anilines is 4. The van der Waals surface area contributed by atoms with Crippen molar-refractivity contribution in [1.82, 2.24) is 9.97 Å². The van der Waals surface area contributed by atoms with Gasteiger partial charge in [-0.25, -0.2) is 9.97 Å². The van der Waals surface area contributed by atoms with Crippen LogP contribution in [0.4, 0.5) is 23.0 Å². The molecule has 1 aromatic heterocycles. The fourth-order valence-electron chi connectivity index (χ4n) is 2.83. The van der Waals surface area contributed by atoms with Gasteiger partial charge in [0.2, 0.25) is 0 Å². The van der Waals surface area contributed by atoms with Crippen molar-refractivity contribution in [2.75, 3.05) is 16.4 Å². The van der Waals surface area contributed by atoms with E-state index in [1.165, 1.54) is 36.8 Å². The van der Waals surface area contributed by atoms with Crippen LogP contribution in [0.1, 0.15) is 36.8 Å². The molecule has 0 unspecified atom stereocenters. The minimum atomic E-state index is 0.478. The highest BCUT2D eigenvalue weighted by Gasteiger charge is 2.17. The molecule has 1 fully saturated rings. The van der Waals surface area contributed by atoms with E-state index in [0.717, 1.165) is 11.5 Å². The SMILES string of the molecule is Cc1ccc(Nc2ncnc(NC3CCCC3)c2N)cc1C. The maximum Gasteiger partial charge on any atom is 0.159 e. The molecule has 0 aliphatic heterocycles. The van der Waals surface area contributed by atoms with Gasteiger partial charge in [0.1, 0.15) is 12.0 Å². The Bertz CT molecular complexity index is 662. The Kier molecular flexibility index (Phi) is 4.13. The molecule has 116 valence electrons. The first kappa shape index (κ1) is 14.6. The molecule has 5 nitrogen and oxygen atoms in total. The summed E-state index contributed by atoms with van der Waals surface area (Å²) in [6.45, 7) is 4.19. The van der Waals surface area contributed by atoms with Crippen LogP contribution < -0.4 is 16.4 Å². The van der Waals surface area contributed by atoms with Crippen LogP contribution >= 0.6 is 0 Å². The highest BCUT2D eigenvalue weighted by molar-refractivity contribution is 5.77. The van der Waals surface area contributed by atoms with Crippen LogP contribution in [0.2, 0.25) is 0 Å². The van der Waals surface area contributed by atoms with Gasteiger partial charge in [0.25, 0.3) is 0 Å². The summed E-state index contributed by atoms with van der Waals surface area (Å²) >= 11 is 0. The molecule has 0 spiro atoms. The third-order valence-corrected chi connectivity index (χ3v) is 4.35. The van der Waals surface area contributed by atoms with Gasteiger partial charge in [-0.05, 0) is 49.9 Å². The van der Waals surface area contributed by atoms with E-state index in [0.29, 0.717) is 17.5 Å². The number of aryl methyl sites for hydroxylation is 2. The number of nitrogen functional groups attached to an aromatic ring is 1. The molecule has 22 heavy (non-hydrogen) atoms. The van der Waals surface area contributed by atoms with Gasteiger partial charge in [0.05, 0.1) is 0 Å². The van der Waals surface area contributed by atoms with Crippen LogP contribution in [0.3, 0.4) is 0 Å². The van der Waals surface area contributed by atoms with Crippen molar-refractivity contribution >= 4 is 23.0 Å². The minimum Gasteiger partial charge on any atom is -0.393 e. The maximum atomic E-state index is 6.23. The Hall–Kier alpha value is -2.30. The smallest absolute Gasteiger partial charge is 0.159 e. The number of rotatable bonds is 4. The zero-order chi connectivity index (χ0) is 15.5. The standard InChI is InChI=1S/C17H23N5/c1-11-7-8-14(9-12(11)2)22-17-15(18)16(19-10-20-17)21-13-5-3-4-6-13/h7-10,13H,3-6,18H2,1-2H3,(H2,19,20,21,22). The molecule has 3 rings (SSSR count). The molecule has 0 radical (unpaired) electrons. The average Bonchev–Trinajstić information content (AvgIpc) is 3.00. The van der Waals surface area contributed by atoms with Crippen molar-refractivity contribution in [3.63, 3.8) is 0 Å². The third-order valence-electron chi connectivity index (χ3n) is 4.35. The van der Waals surface area contributed by atoms with Gasteiger partial charge in [-0.2, -0.15) is 0 Å². The van der Waals surface area contributed by atoms with E-state index < -0.39 is 0 Å². The summed E-state index contributed by atoms with van der Waals surface area (Å²) < 4.78 is 0. The molecular weight excluding hydrogens is 274 g/mol. The average molecular weight is 297 g/mol. The van der Waals surface area contributed by atoms with Crippen LogP contribution in [0.25, 0.3) is 0 Å². The van der Waals surface area contributed by atoms with Crippen molar-refractivity contribution < 1.29 is 0 Å². The Morgan fingerprint density at radius 1 is 1.05 bits per heavy atom. The Balaban J connectivity index is 1.79. The summed E-state index contributed by atoms with van der Waals surface area (Å²) in [7, 11) is 0. The monoisotopic (exact) mass is 297 g/mol. The van der Waals surface area contributed by atoms with Crippen LogP contribution in [-0.2, 0) is 0 Å². The zero-order valence-electron chi connectivity index (χ0n) is 13.2. The minimum absolute atomic E-state index is 0.478. The largest absolute Gasteiger partial charge is 0.393 e.